The fraction of sp³-hybridized carbons (Fsp3) is 0.250. The average molecular weight is 241 g/mol. The van der Waals surface area contributed by atoms with E-state index in [1.807, 2.05) is 12.1 Å². The molecule has 1 aliphatic rings. The molecule has 0 atom stereocenters. The van der Waals surface area contributed by atoms with Gasteiger partial charge < -0.3 is 5.32 Å². The van der Waals surface area contributed by atoms with Gasteiger partial charge in [-0.25, -0.2) is 4.39 Å². The molecule has 1 nitrogen and oxygen atoms in total. The third-order valence-electron chi connectivity index (χ3n) is 3.62. The fourth-order valence-corrected chi connectivity index (χ4v) is 2.56. The van der Waals surface area contributed by atoms with Gasteiger partial charge in [0.2, 0.25) is 0 Å². The molecule has 92 valence electrons. The van der Waals surface area contributed by atoms with Crippen LogP contribution in [0, 0.1) is 12.7 Å². The highest BCUT2D eigenvalue weighted by Gasteiger charge is 2.14. The van der Waals surface area contributed by atoms with Crippen LogP contribution in [0.4, 0.5) is 4.39 Å². The van der Waals surface area contributed by atoms with Crippen LogP contribution in [0.15, 0.2) is 36.4 Å². The molecule has 2 heteroatoms. The third-order valence-corrected chi connectivity index (χ3v) is 3.62. The quantitative estimate of drug-likeness (QED) is 0.806. The molecule has 2 aromatic carbocycles. The van der Waals surface area contributed by atoms with Gasteiger partial charge in [0.25, 0.3) is 0 Å². The number of fused-ring (bicyclic) bond motifs is 1. The van der Waals surface area contributed by atoms with Gasteiger partial charge in [0.05, 0.1) is 0 Å². The van der Waals surface area contributed by atoms with Gasteiger partial charge in [-0.3, -0.25) is 0 Å². The van der Waals surface area contributed by atoms with Crippen LogP contribution in [0.3, 0.4) is 0 Å². The minimum Gasteiger partial charge on any atom is -0.312 e. The predicted octanol–water partition coefficient (Wildman–Crippen LogP) is 3.45. The molecule has 1 heterocycles. The van der Waals surface area contributed by atoms with Crippen LogP contribution in [0.2, 0.25) is 0 Å². The minimum atomic E-state index is -0.126. The molecule has 0 saturated heterocycles. The van der Waals surface area contributed by atoms with Crippen LogP contribution in [-0.4, -0.2) is 6.54 Å². The number of nitrogens with one attached hydrogen (secondary N) is 1. The van der Waals surface area contributed by atoms with E-state index in [4.69, 9.17) is 0 Å². The zero-order valence-electron chi connectivity index (χ0n) is 10.5. The van der Waals surface area contributed by atoms with Crippen molar-refractivity contribution in [3.05, 3.63) is 58.9 Å². The Labute approximate surface area is 107 Å². The summed E-state index contributed by atoms with van der Waals surface area (Å²) in [5, 5.41) is 3.37. The molecule has 1 N–H and O–H groups in total. The van der Waals surface area contributed by atoms with Gasteiger partial charge >= 0.3 is 0 Å². The normalized spacial score (nSPS) is 14.3. The molecule has 1 aliphatic heterocycles. The van der Waals surface area contributed by atoms with Crippen LogP contribution >= 0.6 is 0 Å². The molecule has 3 rings (SSSR count). The Bertz CT molecular complexity index is 590. The second-order valence-electron chi connectivity index (χ2n) is 4.83. The van der Waals surface area contributed by atoms with Crippen LogP contribution in [-0.2, 0) is 13.0 Å². The summed E-state index contributed by atoms with van der Waals surface area (Å²) in [6, 6.07) is 11.8. The lowest BCUT2D eigenvalue weighted by molar-refractivity contribution is 0.619. The van der Waals surface area contributed by atoms with Crippen LogP contribution in [0.1, 0.15) is 16.7 Å². The van der Waals surface area contributed by atoms with Crippen molar-refractivity contribution in [1.82, 2.24) is 5.32 Å². The highest BCUT2D eigenvalue weighted by Crippen LogP contribution is 2.29. The molecule has 0 aromatic heterocycles. The second kappa shape index (κ2) is 4.54. The first-order chi connectivity index (χ1) is 8.75. The summed E-state index contributed by atoms with van der Waals surface area (Å²) in [7, 11) is 0. The van der Waals surface area contributed by atoms with Gasteiger partial charge in [0.15, 0.2) is 0 Å². The third kappa shape index (κ3) is 1.93. The van der Waals surface area contributed by atoms with Crippen molar-refractivity contribution in [2.75, 3.05) is 6.54 Å². The summed E-state index contributed by atoms with van der Waals surface area (Å²) in [5.41, 5.74) is 5.55. The first-order valence-electron chi connectivity index (χ1n) is 6.34. The highest BCUT2D eigenvalue weighted by atomic mass is 19.1. The van der Waals surface area contributed by atoms with E-state index in [1.54, 1.807) is 13.0 Å². The highest BCUT2D eigenvalue weighted by molar-refractivity contribution is 5.69. The van der Waals surface area contributed by atoms with Crippen LogP contribution in [0.5, 0.6) is 0 Å². The molecule has 0 fully saturated rings. The van der Waals surface area contributed by atoms with E-state index in [0.29, 0.717) is 5.56 Å². The molecule has 2 aromatic rings. The maximum atomic E-state index is 13.7. The Balaban J connectivity index is 2.13. The van der Waals surface area contributed by atoms with Gasteiger partial charge in [-0.2, -0.15) is 0 Å². The van der Waals surface area contributed by atoms with E-state index >= 15 is 0 Å². The molecular formula is C16H16FN. The SMILES string of the molecule is Cc1ccc(-c2cccc3c2CCNC3)cc1F. The smallest absolute Gasteiger partial charge is 0.126 e. The molecule has 0 radical (unpaired) electrons. The van der Waals surface area contributed by atoms with E-state index in [1.165, 1.54) is 16.7 Å². The van der Waals surface area contributed by atoms with Gasteiger partial charge in [-0.15, -0.1) is 0 Å². The lowest BCUT2D eigenvalue weighted by atomic mass is 9.91. The topological polar surface area (TPSA) is 12.0 Å². The molecule has 0 bridgehead atoms. The number of hydrogen-bond acceptors (Lipinski definition) is 1. The summed E-state index contributed by atoms with van der Waals surface area (Å²) in [6.45, 7) is 3.71. The Morgan fingerprint density at radius 3 is 2.89 bits per heavy atom. The summed E-state index contributed by atoms with van der Waals surface area (Å²) in [6.07, 6.45) is 1.01. The summed E-state index contributed by atoms with van der Waals surface area (Å²) >= 11 is 0. The largest absolute Gasteiger partial charge is 0.312 e. The lowest BCUT2D eigenvalue weighted by Gasteiger charge is -2.20. The number of hydrogen-bond donors (Lipinski definition) is 1. The summed E-state index contributed by atoms with van der Waals surface area (Å²) in [4.78, 5) is 0. The first kappa shape index (κ1) is 11.4. The fourth-order valence-electron chi connectivity index (χ4n) is 2.56. The van der Waals surface area contributed by atoms with Crippen molar-refractivity contribution in [2.24, 2.45) is 0 Å². The molecule has 0 unspecified atom stereocenters. The van der Waals surface area contributed by atoms with Crippen molar-refractivity contribution in [3.8, 4) is 11.1 Å². The molecule has 0 aliphatic carbocycles. The average Bonchev–Trinajstić information content (AvgIpc) is 2.41. The number of rotatable bonds is 1. The van der Waals surface area contributed by atoms with Crippen LogP contribution < -0.4 is 5.32 Å². The van der Waals surface area contributed by atoms with Gasteiger partial charge in [0.1, 0.15) is 5.82 Å². The van der Waals surface area contributed by atoms with Crippen molar-refractivity contribution < 1.29 is 4.39 Å². The minimum absolute atomic E-state index is 0.126. The molecule has 0 saturated carbocycles. The zero-order chi connectivity index (χ0) is 12.5. The van der Waals surface area contributed by atoms with E-state index < -0.39 is 0 Å². The lowest BCUT2D eigenvalue weighted by Crippen LogP contribution is -2.24. The molecular weight excluding hydrogens is 225 g/mol. The summed E-state index contributed by atoms with van der Waals surface area (Å²) in [5.74, 6) is -0.126. The monoisotopic (exact) mass is 241 g/mol. The number of benzene rings is 2. The molecule has 0 amide bonds. The van der Waals surface area contributed by atoms with Crippen molar-refractivity contribution in [1.29, 1.82) is 0 Å². The van der Waals surface area contributed by atoms with E-state index in [0.717, 1.165) is 25.1 Å². The van der Waals surface area contributed by atoms with Gasteiger partial charge in [0, 0.05) is 6.54 Å². The van der Waals surface area contributed by atoms with E-state index in [-0.39, 0.29) is 5.82 Å². The summed E-state index contributed by atoms with van der Waals surface area (Å²) < 4.78 is 13.7. The number of aryl methyl sites for hydroxylation is 1. The second-order valence-corrected chi connectivity index (χ2v) is 4.83. The first-order valence-corrected chi connectivity index (χ1v) is 6.34. The standard InChI is InChI=1S/C16H16FN/c1-11-5-6-12(9-16(11)17)14-4-2-3-13-10-18-8-7-15(13)14/h2-6,9,18H,7-8,10H2,1H3. The van der Waals surface area contributed by atoms with Crippen LogP contribution in [0.25, 0.3) is 11.1 Å². The Morgan fingerprint density at radius 2 is 2.06 bits per heavy atom. The van der Waals surface area contributed by atoms with Gasteiger partial charge in [-0.05, 0) is 53.8 Å². The maximum Gasteiger partial charge on any atom is 0.126 e. The Morgan fingerprint density at radius 1 is 1.17 bits per heavy atom. The molecule has 0 spiro atoms. The Kier molecular flexibility index (Phi) is 2.88. The number of halogens is 1. The van der Waals surface area contributed by atoms with Crippen molar-refractivity contribution in [3.63, 3.8) is 0 Å². The maximum absolute atomic E-state index is 13.7. The Hall–Kier alpha value is -1.67. The predicted molar refractivity (Wildman–Crippen MR) is 72.0 cm³/mol. The van der Waals surface area contributed by atoms with E-state index in [9.17, 15) is 4.39 Å². The van der Waals surface area contributed by atoms with Crippen molar-refractivity contribution in [2.45, 2.75) is 19.9 Å². The molecule has 18 heavy (non-hydrogen) atoms. The zero-order valence-corrected chi connectivity index (χ0v) is 10.5. The van der Waals surface area contributed by atoms with E-state index in [2.05, 4.69) is 23.5 Å². The van der Waals surface area contributed by atoms with Gasteiger partial charge in [-0.1, -0.05) is 30.3 Å². The van der Waals surface area contributed by atoms with Crippen molar-refractivity contribution >= 4 is 0 Å².